The first-order valence-electron chi connectivity index (χ1n) is 7.85. The Morgan fingerprint density at radius 2 is 1.86 bits per heavy atom. The number of hydrogen-bond donors (Lipinski definition) is 2. The summed E-state index contributed by atoms with van der Waals surface area (Å²) >= 11 is 1.90. The molecule has 0 bridgehead atoms. The SMILES string of the molecule is CSC1CCC(NC(=O)N2CCCC(C)C2C(=O)O)CC1. The number of carboxylic acid groups (broad SMARTS) is 1. The van der Waals surface area contributed by atoms with Crippen molar-refractivity contribution in [1.82, 2.24) is 10.2 Å². The Bertz CT molecular complexity index is 383. The smallest absolute Gasteiger partial charge is 0.326 e. The quantitative estimate of drug-likeness (QED) is 0.840. The first-order valence-corrected chi connectivity index (χ1v) is 9.14. The number of thioether (sulfide) groups is 1. The van der Waals surface area contributed by atoms with Gasteiger partial charge >= 0.3 is 12.0 Å². The average Bonchev–Trinajstić information content (AvgIpc) is 2.47. The second-order valence-corrected chi connectivity index (χ2v) is 7.39. The van der Waals surface area contributed by atoms with Crippen molar-refractivity contribution in [2.24, 2.45) is 5.92 Å². The highest BCUT2D eigenvalue weighted by atomic mass is 32.2. The molecule has 1 aliphatic heterocycles. The van der Waals surface area contributed by atoms with E-state index in [1.54, 1.807) is 0 Å². The maximum atomic E-state index is 12.4. The molecule has 0 aromatic rings. The van der Waals surface area contributed by atoms with Gasteiger partial charge in [0.05, 0.1) is 0 Å². The third-order valence-corrected chi connectivity index (χ3v) is 5.92. The molecule has 0 aromatic heterocycles. The highest BCUT2D eigenvalue weighted by Gasteiger charge is 2.37. The fraction of sp³-hybridized carbons (Fsp3) is 0.867. The molecule has 2 fully saturated rings. The van der Waals surface area contributed by atoms with Gasteiger partial charge in [0.1, 0.15) is 6.04 Å². The molecule has 2 unspecified atom stereocenters. The van der Waals surface area contributed by atoms with E-state index in [2.05, 4.69) is 11.6 Å². The maximum absolute atomic E-state index is 12.4. The zero-order chi connectivity index (χ0) is 15.4. The second kappa shape index (κ2) is 7.38. The lowest BCUT2D eigenvalue weighted by Gasteiger charge is -2.38. The lowest BCUT2D eigenvalue weighted by Crippen LogP contribution is -2.56. The molecule has 0 aromatic carbocycles. The summed E-state index contributed by atoms with van der Waals surface area (Å²) in [5, 5.41) is 13.1. The first kappa shape index (κ1) is 16.5. The Morgan fingerprint density at radius 1 is 1.19 bits per heavy atom. The number of rotatable bonds is 3. The van der Waals surface area contributed by atoms with Gasteiger partial charge in [0.15, 0.2) is 0 Å². The molecule has 1 saturated carbocycles. The number of carboxylic acids is 1. The lowest BCUT2D eigenvalue weighted by atomic mass is 9.91. The summed E-state index contributed by atoms with van der Waals surface area (Å²) < 4.78 is 0. The van der Waals surface area contributed by atoms with E-state index in [4.69, 9.17) is 0 Å². The lowest BCUT2D eigenvalue weighted by molar-refractivity contribution is -0.145. The van der Waals surface area contributed by atoms with E-state index in [-0.39, 0.29) is 18.0 Å². The van der Waals surface area contributed by atoms with Crippen LogP contribution in [0.3, 0.4) is 0 Å². The van der Waals surface area contributed by atoms with Gasteiger partial charge in [-0.2, -0.15) is 11.8 Å². The largest absolute Gasteiger partial charge is 0.480 e. The zero-order valence-corrected chi connectivity index (χ0v) is 13.7. The van der Waals surface area contributed by atoms with Crippen LogP contribution in [0.2, 0.25) is 0 Å². The van der Waals surface area contributed by atoms with Crippen molar-refractivity contribution < 1.29 is 14.7 Å². The van der Waals surface area contributed by atoms with Crippen LogP contribution < -0.4 is 5.32 Å². The summed E-state index contributed by atoms with van der Waals surface area (Å²) in [6.45, 7) is 2.47. The molecule has 2 aliphatic rings. The van der Waals surface area contributed by atoms with Crippen LogP contribution in [0.1, 0.15) is 45.4 Å². The molecule has 2 amide bonds. The van der Waals surface area contributed by atoms with Crippen molar-refractivity contribution in [3.05, 3.63) is 0 Å². The van der Waals surface area contributed by atoms with Crippen LogP contribution in [0.25, 0.3) is 0 Å². The molecule has 2 rings (SSSR count). The minimum absolute atomic E-state index is 0.0224. The van der Waals surface area contributed by atoms with Crippen molar-refractivity contribution >= 4 is 23.8 Å². The number of likely N-dealkylation sites (tertiary alicyclic amines) is 1. The number of nitrogens with one attached hydrogen (secondary N) is 1. The van der Waals surface area contributed by atoms with Gasteiger partial charge in [0.2, 0.25) is 0 Å². The molecule has 2 atom stereocenters. The summed E-state index contributed by atoms with van der Waals surface area (Å²) in [4.78, 5) is 25.4. The van der Waals surface area contributed by atoms with Gasteiger partial charge in [0, 0.05) is 17.8 Å². The van der Waals surface area contributed by atoms with E-state index in [1.165, 1.54) is 4.90 Å². The molecule has 5 nitrogen and oxygen atoms in total. The Labute approximate surface area is 130 Å². The number of piperidine rings is 1. The molecule has 1 saturated heterocycles. The molecule has 0 radical (unpaired) electrons. The maximum Gasteiger partial charge on any atom is 0.326 e. The molecule has 21 heavy (non-hydrogen) atoms. The summed E-state index contributed by atoms with van der Waals surface area (Å²) in [6.07, 6.45) is 8.15. The molecule has 120 valence electrons. The van der Waals surface area contributed by atoms with Crippen LogP contribution >= 0.6 is 11.8 Å². The molecule has 2 N–H and O–H groups in total. The molecule has 1 heterocycles. The van der Waals surface area contributed by atoms with Gasteiger partial charge in [-0.05, 0) is 50.7 Å². The summed E-state index contributed by atoms with van der Waals surface area (Å²) in [5.41, 5.74) is 0. The molecular formula is C15H26N2O3S. The number of aliphatic carboxylic acids is 1. The van der Waals surface area contributed by atoms with E-state index in [0.29, 0.717) is 11.8 Å². The predicted molar refractivity (Wildman–Crippen MR) is 84.6 cm³/mol. The zero-order valence-electron chi connectivity index (χ0n) is 12.9. The molecular weight excluding hydrogens is 288 g/mol. The second-order valence-electron chi connectivity index (χ2n) is 6.25. The Morgan fingerprint density at radius 3 is 2.43 bits per heavy atom. The van der Waals surface area contributed by atoms with Crippen molar-refractivity contribution in [1.29, 1.82) is 0 Å². The van der Waals surface area contributed by atoms with Gasteiger partial charge in [-0.1, -0.05) is 6.92 Å². The van der Waals surface area contributed by atoms with Crippen LogP contribution in [-0.4, -0.2) is 52.1 Å². The van der Waals surface area contributed by atoms with Crippen LogP contribution in [-0.2, 0) is 4.79 Å². The van der Waals surface area contributed by atoms with E-state index >= 15 is 0 Å². The van der Waals surface area contributed by atoms with E-state index in [0.717, 1.165) is 38.5 Å². The van der Waals surface area contributed by atoms with Crippen molar-refractivity contribution in [2.75, 3.05) is 12.8 Å². The van der Waals surface area contributed by atoms with Gasteiger partial charge in [-0.3, -0.25) is 0 Å². The molecule has 6 heteroatoms. The van der Waals surface area contributed by atoms with E-state index in [1.807, 2.05) is 18.7 Å². The van der Waals surface area contributed by atoms with Crippen molar-refractivity contribution in [2.45, 2.75) is 62.8 Å². The van der Waals surface area contributed by atoms with Crippen molar-refractivity contribution in [3.8, 4) is 0 Å². The van der Waals surface area contributed by atoms with Crippen LogP contribution in [0.5, 0.6) is 0 Å². The highest BCUT2D eigenvalue weighted by molar-refractivity contribution is 7.99. The molecule has 1 aliphatic carbocycles. The van der Waals surface area contributed by atoms with Crippen LogP contribution in [0.4, 0.5) is 4.79 Å². The predicted octanol–water partition coefficient (Wildman–Crippen LogP) is 2.56. The molecule has 0 spiro atoms. The van der Waals surface area contributed by atoms with Crippen molar-refractivity contribution in [3.63, 3.8) is 0 Å². The third kappa shape index (κ3) is 4.05. The van der Waals surface area contributed by atoms with Gasteiger partial charge < -0.3 is 15.3 Å². The van der Waals surface area contributed by atoms with Crippen LogP contribution in [0, 0.1) is 5.92 Å². The third-order valence-electron chi connectivity index (χ3n) is 4.78. The number of hydrogen-bond acceptors (Lipinski definition) is 3. The van der Waals surface area contributed by atoms with E-state index < -0.39 is 12.0 Å². The minimum Gasteiger partial charge on any atom is -0.480 e. The Kier molecular flexibility index (Phi) is 5.79. The monoisotopic (exact) mass is 314 g/mol. The summed E-state index contributed by atoms with van der Waals surface area (Å²) in [7, 11) is 0. The van der Waals surface area contributed by atoms with Gasteiger partial charge in [-0.15, -0.1) is 0 Å². The Hall–Kier alpha value is -0.910. The van der Waals surface area contributed by atoms with Gasteiger partial charge in [-0.25, -0.2) is 9.59 Å². The number of nitrogens with zero attached hydrogens (tertiary/aromatic N) is 1. The number of urea groups is 1. The van der Waals surface area contributed by atoms with Gasteiger partial charge in [0.25, 0.3) is 0 Å². The average molecular weight is 314 g/mol. The van der Waals surface area contributed by atoms with Crippen LogP contribution in [0.15, 0.2) is 0 Å². The topological polar surface area (TPSA) is 69.6 Å². The fourth-order valence-electron chi connectivity index (χ4n) is 3.49. The van der Waals surface area contributed by atoms with E-state index in [9.17, 15) is 14.7 Å². The fourth-order valence-corrected chi connectivity index (χ4v) is 4.24. The summed E-state index contributed by atoms with van der Waals surface area (Å²) in [5.74, 6) is -0.863. The number of carbonyl (C=O) groups excluding carboxylic acids is 1. The normalized spacial score (nSPS) is 33.5. The minimum atomic E-state index is -0.886. The number of carbonyl (C=O) groups is 2. The standard InChI is InChI=1S/C15H26N2O3S/c1-10-4-3-9-17(13(10)14(18)19)15(20)16-11-5-7-12(21-2)8-6-11/h10-13H,3-9H2,1-2H3,(H,16,20)(H,18,19). The Balaban J connectivity index is 1.91. The summed E-state index contributed by atoms with van der Waals surface area (Å²) in [6, 6.07) is -0.671. The number of amides is 2. The highest BCUT2D eigenvalue weighted by Crippen LogP contribution is 2.28. The first-order chi connectivity index (χ1) is 10.0.